The van der Waals surface area contributed by atoms with Crippen molar-refractivity contribution in [3.8, 4) is 11.5 Å². The van der Waals surface area contributed by atoms with Crippen LogP contribution in [0.1, 0.15) is 29.5 Å². The largest absolute Gasteiger partial charge is 0.493 e. The van der Waals surface area contributed by atoms with Crippen LogP contribution in [-0.4, -0.2) is 25.1 Å². The van der Waals surface area contributed by atoms with E-state index in [0.717, 1.165) is 24.1 Å². The molecule has 1 aliphatic carbocycles. The maximum atomic E-state index is 12.2. The van der Waals surface area contributed by atoms with E-state index in [1.54, 1.807) is 31.6 Å². The molecule has 2 aromatic rings. The molecule has 1 heterocycles. The predicted molar refractivity (Wildman–Crippen MR) is 101 cm³/mol. The molecule has 1 aromatic heterocycles. The molecule has 1 unspecified atom stereocenters. The summed E-state index contributed by atoms with van der Waals surface area (Å²) in [6.45, 7) is 2.26. The highest BCUT2D eigenvalue weighted by molar-refractivity contribution is 7.15. The molecule has 1 N–H and O–H groups in total. The Labute approximate surface area is 151 Å². The highest BCUT2D eigenvalue weighted by Crippen LogP contribution is 2.32. The van der Waals surface area contributed by atoms with Crippen molar-refractivity contribution in [3.05, 3.63) is 40.4 Å². The Bertz CT molecular complexity index is 798. The van der Waals surface area contributed by atoms with Crippen molar-refractivity contribution in [2.75, 3.05) is 19.5 Å². The van der Waals surface area contributed by atoms with E-state index in [0.29, 0.717) is 22.5 Å². The molecule has 25 heavy (non-hydrogen) atoms. The monoisotopic (exact) mass is 358 g/mol. The SMILES string of the molecule is COc1ccc(C=CC(=O)Nc2nc3c(s2)CC(C)CC3)cc1OC. The van der Waals surface area contributed by atoms with Crippen LogP contribution in [0.25, 0.3) is 6.08 Å². The van der Waals surface area contributed by atoms with Gasteiger partial charge in [-0.3, -0.25) is 10.1 Å². The number of fused-ring (bicyclic) bond motifs is 1. The fourth-order valence-corrected chi connectivity index (χ4v) is 4.04. The number of anilines is 1. The maximum Gasteiger partial charge on any atom is 0.250 e. The molecule has 0 spiro atoms. The number of nitrogens with one attached hydrogen (secondary N) is 1. The van der Waals surface area contributed by atoms with Crippen LogP contribution < -0.4 is 14.8 Å². The molecule has 1 amide bonds. The first-order chi connectivity index (χ1) is 12.1. The number of ether oxygens (including phenoxy) is 2. The molecule has 1 aliphatic rings. The molecule has 0 saturated carbocycles. The zero-order valence-corrected chi connectivity index (χ0v) is 15.5. The molecular formula is C19H22N2O3S. The number of hydrogen-bond acceptors (Lipinski definition) is 5. The lowest BCUT2D eigenvalue weighted by atomic mass is 9.93. The van der Waals surface area contributed by atoms with Gasteiger partial charge in [-0.2, -0.15) is 0 Å². The zero-order valence-electron chi connectivity index (χ0n) is 14.7. The van der Waals surface area contributed by atoms with Gasteiger partial charge in [0, 0.05) is 11.0 Å². The van der Waals surface area contributed by atoms with Crippen LogP contribution in [0.5, 0.6) is 11.5 Å². The highest BCUT2D eigenvalue weighted by atomic mass is 32.1. The van der Waals surface area contributed by atoms with E-state index in [1.165, 1.54) is 17.4 Å². The Morgan fingerprint density at radius 1 is 1.32 bits per heavy atom. The number of hydrogen-bond donors (Lipinski definition) is 1. The summed E-state index contributed by atoms with van der Waals surface area (Å²) in [5.74, 6) is 1.80. The number of thiazole rings is 1. The summed E-state index contributed by atoms with van der Waals surface area (Å²) in [4.78, 5) is 18.0. The van der Waals surface area contributed by atoms with Gasteiger partial charge in [0.2, 0.25) is 5.91 Å². The summed E-state index contributed by atoms with van der Waals surface area (Å²) < 4.78 is 10.5. The van der Waals surface area contributed by atoms with Gasteiger partial charge in [-0.15, -0.1) is 11.3 Å². The van der Waals surface area contributed by atoms with Crippen LogP contribution in [0.4, 0.5) is 5.13 Å². The lowest BCUT2D eigenvalue weighted by Gasteiger charge is -2.15. The van der Waals surface area contributed by atoms with Crippen molar-refractivity contribution in [2.24, 2.45) is 5.92 Å². The summed E-state index contributed by atoms with van der Waals surface area (Å²) >= 11 is 1.59. The molecule has 0 bridgehead atoms. The van der Waals surface area contributed by atoms with E-state index in [-0.39, 0.29) is 5.91 Å². The second kappa shape index (κ2) is 7.70. The number of aryl methyl sites for hydroxylation is 1. The molecule has 3 rings (SSSR count). The second-order valence-electron chi connectivity index (χ2n) is 6.17. The number of carbonyl (C=O) groups excluding carboxylic acids is 1. The summed E-state index contributed by atoms with van der Waals surface area (Å²) in [5, 5.41) is 3.54. The summed E-state index contributed by atoms with van der Waals surface area (Å²) in [6, 6.07) is 5.51. The van der Waals surface area contributed by atoms with Gasteiger partial charge in [0.05, 0.1) is 19.9 Å². The van der Waals surface area contributed by atoms with E-state index >= 15 is 0 Å². The van der Waals surface area contributed by atoms with E-state index < -0.39 is 0 Å². The van der Waals surface area contributed by atoms with Crippen LogP contribution in [0.15, 0.2) is 24.3 Å². The minimum Gasteiger partial charge on any atom is -0.493 e. The molecule has 0 fully saturated rings. The lowest BCUT2D eigenvalue weighted by molar-refractivity contribution is -0.111. The smallest absolute Gasteiger partial charge is 0.250 e. The molecular weight excluding hydrogens is 336 g/mol. The van der Waals surface area contributed by atoms with Gasteiger partial charge < -0.3 is 9.47 Å². The normalized spacial score (nSPS) is 16.5. The van der Waals surface area contributed by atoms with Gasteiger partial charge in [0.1, 0.15) is 0 Å². The van der Waals surface area contributed by atoms with Crippen molar-refractivity contribution in [1.29, 1.82) is 0 Å². The van der Waals surface area contributed by atoms with Crippen molar-refractivity contribution < 1.29 is 14.3 Å². The van der Waals surface area contributed by atoms with Crippen molar-refractivity contribution >= 4 is 28.5 Å². The van der Waals surface area contributed by atoms with Gasteiger partial charge in [-0.05, 0) is 49.0 Å². The van der Waals surface area contributed by atoms with Crippen LogP contribution >= 0.6 is 11.3 Å². The lowest BCUT2D eigenvalue weighted by Crippen LogP contribution is -2.09. The molecule has 132 valence electrons. The number of carbonyl (C=O) groups is 1. The van der Waals surface area contributed by atoms with Gasteiger partial charge in [0.25, 0.3) is 0 Å². The average Bonchev–Trinajstić information content (AvgIpc) is 3.00. The van der Waals surface area contributed by atoms with Gasteiger partial charge >= 0.3 is 0 Å². The first kappa shape index (κ1) is 17.5. The molecule has 1 atom stereocenters. The second-order valence-corrected chi connectivity index (χ2v) is 7.26. The highest BCUT2D eigenvalue weighted by Gasteiger charge is 2.20. The van der Waals surface area contributed by atoms with Gasteiger partial charge in [-0.25, -0.2) is 4.98 Å². The summed E-state index contributed by atoms with van der Waals surface area (Å²) in [7, 11) is 3.18. The zero-order chi connectivity index (χ0) is 17.8. The van der Waals surface area contributed by atoms with Crippen LogP contribution in [-0.2, 0) is 17.6 Å². The minimum absolute atomic E-state index is 0.186. The molecule has 1 aromatic carbocycles. The average molecular weight is 358 g/mol. The number of benzene rings is 1. The van der Waals surface area contributed by atoms with E-state index in [9.17, 15) is 4.79 Å². The Balaban J connectivity index is 1.65. The third-order valence-electron chi connectivity index (χ3n) is 4.25. The van der Waals surface area contributed by atoms with Crippen molar-refractivity contribution in [2.45, 2.75) is 26.2 Å². The molecule has 6 heteroatoms. The number of amides is 1. The Morgan fingerprint density at radius 2 is 2.12 bits per heavy atom. The van der Waals surface area contributed by atoms with Gasteiger partial charge in [0.15, 0.2) is 16.6 Å². The van der Waals surface area contributed by atoms with E-state index in [2.05, 4.69) is 17.2 Å². The Hall–Kier alpha value is -2.34. The third-order valence-corrected chi connectivity index (χ3v) is 5.29. The fraction of sp³-hybridized carbons (Fsp3) is 0.368. The summed E-state index contributed by atoms with van der Waals surface area (Å²) in [5.41, 5.74) is 2.00. The van der Waals surface area contributed by atoms with E-state index in [4.69, 9.17) is 9.47 Å². The first-order valence-corrected chi connectivity index (χ1v) is 9.10. The quantitative estimate of drug-likeness (QED) is 0.823. The molecule has 5 nitrogen and oxygen atoms in total. The molecule has 0 radical (unpaired) electrons. The van der Waals surface area contributed by atoms with E-state index in [1.807, 2.05) is 18.2 Å². The van der Waals surface area contributed by atoms with Crippen molar-refractivity contribution in [3.63, 3.8) is 0 Å². The number of aromatic nitrogens is 1. The molecule has 0 saturated heterocycles. The first-order valence-electron chi connectivity index (χ1n) is 8.28. The fourth-order valence-electron chi connectivity index (χ4n) is 2.87. The number of nitrogens with zero attached hydrogens (tertiary/aromatic N) is 1. The van der Waals surface area contributed by atoms with Crippen LogP contribution in [0.3, 0.4) is 0 Å². The standard InChI is InChI=1S/C19H22N2O3S/c1-12-4-7-14-17(10-12)25-19(20-14)21-18(22)9-6-13-5-8-15(23-2)16(11-13)24-3/h5-6,8-9,11-12H,4,7,10H2,1-3H3,(H,20,21,22). The molecule has 0 aliphatic heterocycles. The minimum atomic E-state index is -0.186. The Kier molecular flexibility index (Phi) is 5.38. The third kappa shape index (κ3) is 4.20. The van der Waals surface area contributed by atoms with Crippen LogP contribution in [0.2, 0.25) is 0 Å². The topological polar surface area (TPSA) is 60.5 Å². The predicted octanol–water partition coefficient (Wildman–Crippen LogP) is 3.94. The Morgan fingerprint density at radius 3 is 2.88 bits per heavy atom. The number of rotatable bonds is 5. The summed E-state index contributed by atoms with van der Waals surface area (Å²) in [6.07, 6.45) is 6.48. The van der Waals surface area contributed by atoms with Gasteiger partial charge in [-0.1, -0.05) is 13.0 Å². The maximum absolute atomic E-state index is 12.2. The number of methoxy groups -OCH3 is 2. The van der Waals surface area contributed by atoms with Crippen molar-refractivity contribution in [1.82, 2.24) is 4.98 Å². The van der Waals surface area contributed by atoms with Crippen LogP contribution in [0, 0.1) is 5.92 Å².